The Morgan fingerprint density at radius 1 is 1.09 bits per heavy atom. The zero-order chi connectivity index (χ0) is 22.9. The lowest BCUT2D eigenvalue weighted by atomic mass is 9.92. The fourth-order valence-electron chi connectivity index (χ4n) is 5.28. The SMILES string of the molecule is CC(C)(C)N(C(=O)O)C1CC2CCC(C1)N2c1ccc(C(=O)NCc2ccccc2)cn1. The highest BCUT2D eigenvalue weighted by Gasteiger charge is 2.46. The molecule has 2 fully saturated rings. The van der Waals surface area contributed by atoms with Gasteiger partial charge in [0.15, 0.2) is 0 Å². The molecule has 0 spiro atoms. The largest absolute Gasteiger partial charge is 0.465 e. The van der Waals surface area contributed by atoms with E-state index in [4.69, 9.17) is 0 Å². The summed E-state index contributed by atoms with van der Waals surface area (Å²) in [6, 6.07) is 14.1. The van der Waals surface area contributed by atoms with Crippen molar-refractivity contribution in [2.24, 2.45) is 0 Å². The topological polar surface area (TPSA) is 85.8 Å². The van der Waals surface area contributed by atoms with Gasteiger partial charge in [0.2, 0.25) is 0 Å². The van der Waals surface area contributed by atoms with Crippen LogP contribution in [0.1, 0.15) is 62.4 Å². The highest BCUT2D eigenvalue weighted by atomic mass is 16.4. The van der Waals surface area contributed by atoms with Crippen LogP contribution < -0.4 is 10.2 Å². The van der Waals surface area contributed by atoms with E-state index in [1.807, 2.05) is 63.2 Å². The lowest BCUT2D eigenvalue weighted by Crippen LogP contribution is -2.57. The number of amides is 2. The lowest BCUT2D eigenvalue weighted by molar-refractivity contribution is 0.0558. The van der Waals surface area contributed by atoms with Crippen molar-refractivity contribution in [3.63, 3.8) is 0 Å². The Hall–Kier alpha value is -3.09. The summed E-state index contributed by atoms with van der Waals surface area (Å²) in [5.74, 6) is 0.727. The molecule has 2 aromatic rings. The first-order chi connectivity index (χ1) is 15.2. The van der Waals surface area contributed by atoms with E-state index < -0.39 is 11.6 Å². The molecule has 2 aliphatic rings. The Morgan fingerprint density at radius 3 is 2.28 bits per heavy atom. The molecule has 3 heterocycles. The number of piperidine rings is 1. The number of rotatable bonds is 5. The lowest BCUT2D eigenvalue weighted by Gasteiger charge is -2.47. The van der Waals surface area contributed by atoms with Crippen LogP contribution >= 0.6 is 0 Å². The Morgan fingerprint density at radius 2 is 1.75 bits per heavy atom. The number of hydrogen-bond acceptors (Lipinski definition) is 4. The average molecular weight is 437 g/mol. The summed E-state index contributed by atoms with van der Waals surface area (Å²) in [4.78, 5) is 33.0. The van der Waals surface area contributed by atoms with Gasteiger partial charge in [0.05, 0.1) is 5.56 Å². The number of hydrogen-bond donors (Lipinski definition) is 2. The van der Waals surface area contributed by atoms with Gasteiger partial charge in [0.25, 0.3) is 5.91 Å². The first kappa shape index (κ1) is 22.1. The number of nitrogens with zero attached hydrogens (tertiary/aromatic N) is 3. The predicted octanol–water partition coefficient (Wildman–Crippen LogP) is 4.29. The summed E-state index contributed by atoms with van der Waals surface area (Å²) in [6.45, 7) is 6.35. The normalized spacial score (nSPS) is 22.5. The standard InChI is InChI=1S/C25H32N4O3/c1-25(2,3)29(24(31)32)21-13-19-10-11-20(14-21)28(19)22-12-9-18(16-26-22)23(30)27-15-17-7-5-4-6-8-17/h4-9,12,16,19-21H,10-11,13-15H2,1-3H3,(H,27,30)(H,31,32). The third-order valence-electron chi connectivity index (χ3n) is 6.57. The maximum absolute atomic E-state index is 12.5. The number of aromatic nitrogens is 1. The number of benzene rings is 1. The van der Waals surface area contributed by atoms with Gasteiger partial charge in [0.1, 0.15) is 5.82 Å². The molecule has 7 nitrogen and oxygen atoms in total. The first-order valence-electron chi connectivity index (χ1n) is 11.3. The molecule has 2 aliphatic heterocycles. The number of nitrogens with one attached hydrogen (secondary N) is 1. The van der Waals surface area contributed by atoms with Gasteiger partial charge in [-0.05, 0) is 64.2 Å². The van der Waals surface area contributed by atoms with Crippen LogP contribution in [-0.2, 0) is 6.54 Å². The second-order valence-corrected chi connectivity index (χ2v) is 9.81. The van der Waals surface area contributed by atoms with Crippen LogP contribution in [0.3, 0.4) is 0 Å². The van der Waals surface area contributed by atoms with Crippen molar-refractivity contribution in [2.45, 2.75) is 76.7 Å². The molecule has 2 saturated heterocycles. The number of anilines is 1. The van der Waals surface area contributed by atoms with Crippen molar-refractivity contribution < 1.29 is 14.7 Å². The third kappa shape index (κ3) is 4.56. The van der Waals surface area contributed by atoms with Crippen molar-refractivity contribution in [2.75, 3.05) is 4.90 Å². The molecular formula is C25H32N4O3. The van der Waals surface area contributed by atoms with Gasteiger partial charge in [0, 0.05) is 36.4 Å². The summed E-state index contributed by atoms with van der Waals surface area (Å²) in [5.41, 5.74) is 1.16. The van der Waals surface area contributed by atoms with Crippen LogP contribution in [0.15, 0.2) is 48.7 Å². The first-order valence-corrected chi connectivity index (χ1v) is 11.3. The maximum Gasteiger partial charge on any atom is 0.407 e. The van der Waals surface area contributed by atoms with E-state index in [-0.39, 0.29) is 24.0 Å². The van der Waals surface area contributed by atoms with Gasteiger partial charge in [-0.3, -0.25) is 4.79 Å². The average Bonchev–Trinajstić information content (AvgIpc) is 3.01. The molecule has 0 saturated carbocycles. The predicted molar refractivity (Wildman–Crippen MR) is 124 cm³/mol. The fraction of sp³-hybridized carbons (Fsp3) is 0.480. The zero-order valence-electron chi connectivity index (χ0n) is 19.0. The molecule has 1 aromatic carbocycles. The van der Waals surface area contributed by atoms with Gasteiger partial charge < -0.3 is 20.2 Å². The van der Waals surface area contributed by atoms with Crippen molar-refractivity contribution in [1.82, 2.24) is 15.2 Å². The second-order valence-electron chi connectivity index (χ2n) is 9.81. The van der Waals surface area contributed by atoms with Gasteiger partial charge in [-0.2, -0.15) is 0 Å². The summed E-state index contributed by atoms with van der Waals surface area (Å²) >= 11 is 0. The Kier molecular flexibility index (Phi) is 6.09. The van der Waals surface area contributed by atoms with Crippen molar-refractivity contribution >= 4 is 17.8 Å². The van der Waals surface area contributed by atoms with Crippen LogP contribution in [0.4, 0.5) is 10.6 Å². The minimum absolute atomic E-state index is 0.0179. The van der Waals surface area contributed by atoms with E-state index in [1.165, 1.54) is 0 Å². The van der Waals surface area contributed by atoms with Crippen LogP contribution in [0.25, 0.3) is 0 Å². The molecule has 2 bridgehead atoms. The van der Waals surface area contributed by atoms with Crippen LogP contribution in [0.5, 0.6) is 0 Å². The summed E-state index contributed by atoms with van der Waals surface area (Å²) in [7, 11) is 0. The monoisotopic (exact) mass is 436 g/mol. The molecular weight excluding hydrogens is 404 g/mol. The molecule has 2 amide bonds. The van der Waals surface area contributed by atoms with E-state index >= 15 is 0 Å². The number of carbonyl (C=O) groups is 2. The van der Waals surface area contributed by atoms with Crippen LogP contribution in [0.2, 0.25) is 0 Å². The van der Waals surface area contributed by atoms with E-state index in [0.29, 0.717) is 12.1 Å². The molecule has 0 radical (unpaired) electrons. The quantitative estimate of drug-likeness (QED) is 0.730. The molecule has 1 aromatic heterocycles. The summed E-state index contributed by atoms with van der Waals surface area (Å²) in [5, 5.41) is 12.7. The maximum atomic E-state index is 12.5. The van der Waals surface area contributed by atoms with Gasteiger partial charge in [-0.25, -0.2) is 9.78 Å². The van der Waals surface area contributed by atoms with E-state index in [9.17, 15) is 14.7 Å². The second kappa shape index (κ2) is 8.81. The molecule has 2 unspecified atom stereocenters. The summed E-state index contributed by atoms with van der Waals surface area (Å²) in [6.07, 6.45) is 4.49. The Labute approximate surface area is 189 Å². The Bertz CT molecular complexity index is 941. The third-order valence-corrected chi connectivity index (χ3v) is 6.57. The molecule has 4 rings (SSSR count). The van der Waals surface area contributed by atoms with Gasteiger partial charge >= 0.3 is 6.09 Å². The Balaban J connectivity index is 1.42. The molecule has 2 atom stereocenters. The smallest absolute Gasteiger partial charge is 0.407 e. The van der Waals surface area contributed by atoms with E-state index in [2.05, 4.69) is 15.2 Å². The summed E-state index contributed by atoms with van der Waals surface area (Å²) < 4.78 is 0. The fourth-order valence-corrected chi connectivity index (χ4v) is 5.28. The van der Waals surface area contributed by atoms with Crippen LogP contribution in [-0.4, -0.2) is 50.7 Å². The van der Waals surface area contributed by atoms with Crippen molar-refractivity contribution in [3.05, 3.63) is 59.8 Å². The molecule has 7 heteroatoms. The van der Waals surface area contributed by atoms with E-state index in [0.717, 1.165) is 37.1 Å². The molecule has 170 valence electrons. The van der Waals surface area contributed by atoms with Gasteiger partial charge in [-0.1, -0.05) is 30.3 Å². The van der Waals surface area contributed by atoms with Crippen molar-refractivity contribution in [3.8, 4) is 0 Å². The molecule has 0 aliphatic carbocycles. The highest BCUT2D eigenvalue weighted by molar-refractivity contribution is 5.94. The minimum atomic E-state index is -0.848. The minimum Gasteiger partial charge on any atom is -0.465 e. The van der Waals surface area contributed by atoms with Gasteiger partial charge in [-0.15, -0.1) is 0 Å². The number of pyridine rings is 1. The molecule has 32 heavy (non-hydrogen) atoms. The van der Waals surface area contributed by atoms with E-state index in [1.54, 1.807) is 11.1 Å². The van der Waals surface area contributed by atoms with Crippen molar-refractivity contribution in [1.29, 1.82) is 0 Å². The van der Waals surface area contributed by atoms with Crippen LogP contribution in [0, 0.1) is 0 Å². The zero-order valence-corrected chi connectivity index (χ0v) is 19.0. The molecule has 2 N–H and O–H groups in total. The highest BCUT2D eigenvalue weighted by Crippen LogP contribution is 2.41. The number of fused-ring (bicyclic) bond motifs is 2. The number of carbonyl (C=O) groups excluding carboxylic acids is 1. The number of carboxylic acid groups (broad SMARTS) is 1.